The van der Waals surface area contributed by atoms with E-state index in [2.05, 4.69) is 6.58 Å². The van der Waals surface area contributed by atoms with Crippen LogP contribution in [0.1, 0.15) is 128 Å². The molecule has 3 nitrogen and oxygen atoms in total. The minimum atomic E-state index is -2.65. The Hall–Kier alpha value is -0.163. The third kappa shape index (κ3) is 8.76. The Bertz CT molecular complexity index is 401. The summed E-state index contributed by atoms with van der Waals surface area (Å²) < 4.78 is 21.0. The lowest BCUT2D eigenvalue weighted by Gasteiger charge is -2.41. The molecule has 3 rings (SSSR count). The van der Waals surface area contributed by atoms with E-state index in [1.54, 1.807) is 0 Å². The Morgan fingerprint density at radius 3 is 1.37 bits per heavy atom. The molecule has 0 aromatic heterocycles. The van der Waals surface area contributed by atoms with Gasteiger partial charge >= 0.3 is 8.80 Å². The van der Waals surface area contributed by atoms with E-state index in [1.807, 2.05) is 6.08 Å². The van der Waals surface area contributed by atoms with Gasteiger partial charge in [-0.25, -0.2) is 0 Å². The van der Waals surface area contributed by atoms with E-state index >= 15 is 0 Å². The van der Waals surface area contributed by atoms with Gasteiger partial charge in [-0.05, 0) is 57.8 Å². The fourth-order valence-corrected chi connectivity index (χ4v) is 8.99. The molecule has 0 aromatic carbocycles. The Morgan fingerprint density at radius 1 is 0.567 bits per heavy atom. The van der Waals surface area contributed by atoms with Gasteiger partial charge in [0.1, 0.15) is 0 Å². The quantitative estimate of drug-likeness (QED) is 0.166. The minimum absolute atomic E-state index is 0.373. The normalized spacial score (nSPS) is 22.9. The molecule has 0 spiro atoms. The predicted octanol–water partition coefficient (Wildman–Crippen LogP) is 8.11. The zero-order valence-electron chi connectivity index (χ0n) is 19.6. The second-order valence-corrected chi connectivity index (χ2v) is 12.6. The van der Waals surface area contributed by atoms with E-state index in [4.69, 9.17) is 13.3 Å². The van der Waals surface area contributed by atoms with Gasteiger partial charge in [0.05, 0.1) is 0 Å². The lowest BCUT2D eigenvalue weighted by atomic mass is 9.98. The molecular weight excluding hydrogens is 388 g/mol. The number of hydrogen-bond acceptors (Lipinski definition) is 3. The smallest absolute Gasteiger partial charge is 0.370 e. The fraction of sp³-hybridized carbons (Fsp3) is 0.923. The van der Waals surface area contributed by atoms with Gasteiger partial charge in [-0.1, -0.05) is 76.7 Å². The molecule has 0 amide bonds. The summed E-state index contributed by atoms with van der Waals surface area (Å²) in [6.45, 7) is 3.86. The van der Waals surface area contributed by atoms with Crippen LogP contribution in [-0.2, 0) is 13.3 Å². The van der Waals surface area contributed by atoms with Crippen molar-refractivity contribution in [1.82, 2.24) is 0 Å². The molecule has 3 aliphatic rings. The number of hydrogen-bond donors (Lipinski definition) is 0. The van der Waals surface area contributed by atoms with Crippen LogP contribution in [0.15, 0.2) is 12.7 Å². The van der Waals surface area contributed by atoms with Crippen molar-refractivity contribution in [3.05, 3.63) is 12.7 Å². The van der Waals surface area contributed by atoms with Crippen LogP contribution in [0.4, 0.5) is 0 Å². The van der Waals surface area contributed by atoms with Gasteiger partial charge in [-0.3, -0.25) is 0 Å². The van der Waals surface area contributed by atoms with Crippen LogP contribution < -0.4 is 0 Å². The summed E-state index contributed by atoms with van der Waals surface area (Å²) in [6, 6.07) is 1.03. The van der Waals surface area contributed by atoms with Gasteiger partial charge in [-0.2, -0.15) is 0 Å². The zero-order valence-corrected chi connectivity index (χ0v) is 20.6. The first-order valence-corrected chi connectivity index (χ1v) is 15.4. The monoisotopic (exact) mass is 436 g/mol. The first-order valence-electron chi connectivity index (χ1n) is 13.4. The van der Waals surface area contributed by atoms with Crippen molar-refractivity contribution in [2.24, 2.45) is 0 Å². The van der Waals surface area contributed by atoms with Gasteiger partial charge in [0.15, 0.2) is 0 Å². The molecule has 0 heterocycles. The highest BCUT2D eigenvalue weighted by Crippen LogP contribution is 2.35. The highest BCUT2D eigenvalue weighted by molar-refractivity contribution is 6.60. The van der Waals surface area contributed by atoms with E-state index in [1.165, 1.54) is 122 Å². The van der Waals surface area contributed by atoms with Crippen LogP contribution in [0.3, 0.4) is 0 Å². The van der Waals surface area contributed by atoms with Gasteiger partial charge in [0, 0.05) is 24.4 Å². The van der Waals surface area contributed by atoms with Crippen LogP contribution in [0, 0.1) is 0 Å². The summed E-state index contributed by atoms with van der Waals surface area (Å²) in [5.74, 6) is 0. The summed E-state index contributed by atoms with van der Waals surface area (Å²) in [6.07, 6.45) is 28.5. The molecule has 30 heavy (non-hydrogen) atoms. The third-order valence-corrected chi connectivity index (χ3v) is 10.4. The van der Waals surface area contributed by atoms with Gasteiger partial charge in [-0.15, -0.1) is 6.58 Å². The predicted molar refractivity (Wildman–Crippen MR) is 128 cm³/mol. The van der Waals surface area contributed by atoms with Gasteiger partial charge < -0.3 is 13.3 Å². The van der Waals surface area contributed by atoms with Crippen LogP contribution >= 0.6 is 0 Å². The average Bonchev–Trinajstić information content (AvgIpc) is 2.78. The maximum absolute atomic E-state index is 6.99. The van der Waals surface area contributed by atoms with Crippen LogP contribution in [0.25, 0.3) is 0 Å². The van der Waals surface area contributed by atoms with Crippen molar-refractivity contribution in [1.29, 1.82) is 0 Å². The molecule has 0 saturated heterocycles. The Morgan fingerprint density at radius 2 is 0.967 bits per heavy atom. The molecule has 0 N–H and O–H groups in total. The summed E-state index contributed by atoms with van der Waals surface area (Å²) in [5.41, 5.74) is 0. The molecule has 0 atom stereocenters. The van der Waals surface area contributed by atoms with Crippen LogP contribution in [0.5, 0.6) is 0 Å². The third-order valence-electron chi connectivity index (χ3n) is 7.34. The molecule has 3 fully saturated rings. The van der Waals surface area contributed by atoms with E-state index in [9.17, 15) is 0 Å². The maximum Gasteiger partial charge on any atom is 0.501 e. The molecule has 3 saturated carbocycles. The van der Waals surface area contributed by atoms with Crippen LogP contribution in [0.2, 0.25) is 6.04 Å². The highest BCUT2D eigenvalue weighted by atomic mass is 28.4. The second kappa shape index (κ2) is 14.1. The van der Waals surface area contributed by atoms with Gasteiger partial charge in [0.2, 0.25) is 0 Å². The Balaban J connectivity index is 1.66. The minimum Gasteiger partial charge on any atom is -0.370 e. The number of rotatable bonds is 13. The molecule has 0 bridgehead atoms. The maximum atomic E-state index is 6.99. The summed E-state index contributed by atoms with van der Waals surface area (Å²) >= 11 is 0. The SMILES string of the molecule is C=CCCCCCC[Si](OC1CCCCC1)(OC1CCCCC1)OC1CCCCC1. The first-order chi connectivity index (χ1) is 14.8. The van der Waals surface area contributed by atoms with Crippen molar-refractivity contribution >= 4 is 8.80 Å². The standard InChI is InChI=1S/C26H48O3Si/c1-2-3-4-5-6-16-23-30(27-24-17-10-7-11-18-24,28-25-19-12-8-13-20-25)29-26-21-14-9-15-22-26/h2,24-26H,1,3-23H2. The molecule has 0 unspecified atom stereocenters. The van der Waals surface area contributed by atoms with Gasteiger partial charge in [0.25, 0.3) is 0 Å². The van der Waals surface area contributed by atoms with E-state index in [-0.39, 0.29) is 0 Å². The topological polar surface area (TPSA) is 27.7 Å². The average molecular weight is 437 g/mol. The summed E-state index contributed by atoms with van der Waals surface area (Å²) in [7, 11) is -2.65. The Labute approximate surface area is 187 Å². The molecule has 174 valence electrons. The Kier molecular flexibility index (Phi) is 11.5. The van der Waals surface area contributed by atoms with Crippen LogP contribution in [-0.4, -0.2) is 27.1 Å². The molecule has 4 heteroatoms. The van der Waals surface area contributed by atoms with E-state index < -0.39 is 8.80 Å². The van der Waals surface area contributed by atoms with Crippen molar-refractivity contribution in [2.75, 3.05) is 0 Å². The molecule has 0 radical (unpaired) electrons. The lowest BCUT2D eigenvalue weighted by Crippen LogP contribution is -2.53. The zero-order chi connectivity index (χ0) is 20.9. The van der Waals surface area contributed by atoms with Crippen molar-refractivity contribution < 1.29 is 13.3 Å². The number of allylic oxidation sites excluding steroid dienone is 1. The van der Waals surface area contributed by atoms with E-state index in [0.29, 0.717) is 18.3 Å². The lowest BCUT2D eigenvalue weighted by molar-refractivity contribution is -0.0411. The van der Waals surface area contributed by atoms with Crippen molar-refractivity contribution in [3.63, 3.8) is 0 Å². The molecular formula is C26H48O3Si. The molecule has 0 aromatic rings. The fourth-order valence-electron chi connectivity index (χ4n) is 5.55. The molecule has 0 aliphatic heterocycles. The summed E-state index contributed by atoms with van der Waals surface area (Å²) in [4.78, 5) is 0. The second-order valence-electron chi connectivity index (χ2n) is 10.1. The largest absolute Gasteiger partial charge is 0.501 e. The van der Waals surface area contributed by atoms with Crippen molar-refractivity contribution in [2.45, 2.75) is 153 Å². The summed E-state index contributed by atoms with van der Waals surface area (Å²) in [5, 5.41) is 0. The molecule has 3 aliphatic carbocycles. The van der Waals surface area contributed by atoms with E-state index in [0.717, 1.165) is 12.5 Å². The highest BCUT2D eigenvalue weighted by Gasteiger charge is 2.47. The first kappa shape index (κ1) is 24.5. The van der Waals surface area contributed by atoms with Crippen molar-refractivity contribution in [3.8, 4) is 0 Å². The number of unbranched alkanes of at least 4 members (excludes halogenated alkanes) is 4.